The van der Waals surface area contributed by atoms with Gasteiger partial charge in [0, 0.05) is 18.0 Å². The summed E-state index contributed by atoms with van der Waals surface area (Å²) in [5.41, 5.74) is 3.57. The molecule has 2 aromatic carbocycles. The number of H-pyrrole nitrogens is 1. The molecule has 0 radical (unpaired) electrons. The van der Waals surface area contributed by atoms with E-state index in [4.69, 9.17) is 0 Å². The SMILES string of the molecule is CC(=O)N[C@H](CC(=O)Nc1ccc2cn[nH]c2c1)c1ccc(C)cc1. The van der Waals surface area contributed by atoms with E-state index in [1.807, 2.05) is 49.4 Å². The molecular formula is C19H20N4O2. The first-order chi connectivity index (χ1) is 12.0. The van der Waals surface area contributed by atoms with Gasteiger partial charge in [0.05, 0.1) is 24.2 Å². The number of nitrogens with one attached hydrogen (secondary N) is 3. The summed E-state index contributed by atoms with van der Waals surface area (Å²) >= 11 is 0. The number of carbonyl (C=O) groups excluding carboxylic acids is 2. The first-order valence-corrected chi connectivity index (χ1v) is 8.08. The molecule has 0 spiro atoms. The third-order valence-corrected chi connectivity index (χ3v) is 3.97. The highest BCUT2D eigenvalue weighted by Gasteiger charge is 2.17. The zero-order valence-corrected chi connectivity index (χ0v) is 14.2. The van der Waals surface area contributed by atoms with E-state index in [1.165, 1.54) is 6.92 Å². The van der Waals surface area contributed by atoms with Crippen molar-refractivity contribution in [2.75, 3.05) is 5.32 Å². The number of benzene rings is 2. The van der Waals surface area contributed by atoms with Gasteiger partial charge >= 0.3 is 0 Å². The van der Waals surface area contributed by atoms with Crippen molar-refractivity contribution in [1.29, 1.82) is 0 Å². The first kappa shape index (κ1) is 16.7. The van der Waals surface area contributed by atoms with Crippen molar-refractivity contribution in [3.63, 3.8) is 0 Å². The van der Waals surface area contributed by atoms with Crippen LogP contribution in [0.4, 0.5) is 5.69 Å². The minimum atomic E-state index is -0.367. The Labute approximate surface area is 145 Å². The van der Waals surface area contributed by atoms with Gasteiger partial charge < -0.3 is 10.6 Å². The van der Waals surface area contributed by atoms with Crippen LogP contribution in [-0.4, -0.2) is 22.0 Å². The minimum Gasteiger partial charge on any atom is -0.349 e. The Balaban J connectivity index is 1.72. The van der Waals surface area contributed by atoms with Crippen LogP contribution in [0.5, 0.6) is 0 Å². The number of amides is 2. The maximum Gasteiger partial charge on any atom is 0.226 e. The van der Waals surface area contributed by atoms with Crippen molar-refractivity contribution in [2.45, 2.75) is 26.3 Å². The van der Waals surface area contributed by atoms with Crippen LogP contribution in [0.1, 0.15) is 30.5 Å². The van der Waals surface area contributed by atoms with Gasteiger partial charge in [-0.2, -0.15) is 5.10 Å². The summed E-state index contributed by atoms with van der Waals surface area (Å²) in [6, 6.07) is 13.0. The molecule has 0 aliphatic carbocycles. The van der Waals surface area contributed by atoms with Crippen molar-refractivity contribution < 1.29 is 9.59 Å². The summed E-state index contributed by atoms with van der Waals surface area (Å²) in [4.78, 5) is 23.9. The Kier molecular flexibility index (Phi) is 4.79. The monoisotopic (exact) mass is 336 g/mol. The lowest BCUT2D eigenvalue weighted by Crippen LogP contribution is -2.29. The Morgan fingerprint density at radius 1 is 1.16 bits per heavy atom. The largest absolute Gasteiger partial charge is 0.349 e. The van der Waals surface area contributed by atoms with Gasteiger partial charge in [-0.1, -0.05) is 29.8 Å². The molecule has 1 aromatic heterocycles. The Morgan fingerprint density at radius 3 is 2.64 bits per heavy atom. The highest BCUT2D eigenvalue weighted by Crippen LogP contribution is 2.20. The average molecular weight is 336 g/mol. The molecule has 1 atom stereocenters. The summed E-state index contributed by atoms with van der Waals surface area (Å²) in [5, 5.41) is 13.5. The second kappa shape index (κ2) is 7.17. The number of fused-ring (bicyclic) bond motifs is 1. The fraction of sp³-hybridized carbons (Fsp3) is 0.211. The van der Waals surface area contributed by atoms with Gasteiger partial charge in [-0.3, -0.25) is 14.7 Å². The van der Waals surface area contributed by atoms with E-state index in [0.717, 1.165) is 22.0 Å². The van der Waals surface area contributed by atoms with Gasteiger partial charge in [0.15, 0.2) is 0 Å². The molecule has 6 heteroatoms. The third-order valence-electron chi connectivity index (χ3n) is 3.97. The number of anilines is 1. The topological polar surface area (TPSA) is 86.9 Å². The lowest BCUT2D eigenvalue weighted by Gasteiger charge is -2.18. The molecule has 3 N–H and O–H groups in total. The highest BCUT2D eigenvalue weighted by atomic mass is 16.2. The Morgan fingerprint density at radius 2 is 1.92 bits per heavy atom. The van der Waals surface area contributed by atoms with Gasteiger partial charge in [-0.25, -0.2) is 0 Å². The van der Waals surface area contributed by atoms with E-state index in [-0.39, 0.29) is 24.3 Å². The van der Waals surface area contributed by atoms with Gasteiger partial charge in [-0.05, 0) is 30.7 Å². The molecule has 0 aliphatic heterocycles. The highest BCUT2D eigenvalue weighted by molar-refractivity contribution is 5.94. The fourth-order valence-corrected chi connectivity index (χ4v) is 2.71. The third kappa shape index (κ3) is 4.23. The smallest absolute Gasteiger partial charge is 0.226 e. The van der Waals surface area contributed by atoms with Crippen LogP contribution in [0.25, 0.3) is 10.9 Å². The number of aromatic amines is 1. The molecule has 0 aliphatic rings. The Hall–Kier alpha value is -3.15. The van der Waals surface area contributed by atoms with Crippen molar-refractivity contribution in [1.82, 2.24) is 15.5 Å². The van der Waals surface area contributed by atoms with E-state index >= 15 is 0 Å². The molecule has 1 heterocycles. The number of rotatable bonds is 5. The maximum absolute atomic E-state index is 12.4. The standard InChI is InChI=1S/C19H20N4O2/c1-12-3-5-14(6-4-12)17(21-13(2)24)10-19(25)22-16-8-7-15-11-20-23-18(15)9-16/h3-9,11,17H,10H2,1-2H3,(H,20,23)(H,21,24)(H,22,25)/t17-/m1/s1. The van der Waals surface area contributed by atoms with Crippen LogP contribution in [0.15, 0.2) is 48.7 Å². The lowest BCUT2D eigenvalue weighted by molar-refractivity contribution is -0.120. The van der Waals surface area contributed by atoms with Crippen LogP contribution in [0.2, 0.25) is 0 Å². The van der Waals surface area contributed by atoms with Crippen molar-refractivity contribution >= 4 is 28.4 Å². The molecule has 6 nitrogen and oxygen atoms in total. The summed E-state index contributed by atoms with van der Waals surface area (Å²) in [6.45, 7) is 3.45. The zero-order valence-electron chi connectivity index (χ0n) is 14.2. The van der Waals surface area contributed by atoms with Gasteiger partial charge in [0.1, 0.15) is 0 Å². The van der Waals surface area contributed by atoms with Crippen molar-refractivity contribution in [3.8, 4) is 0 Å². The number of hydrogen-bond acceptors (Lipinski definition) is 3. The second-order valence-corrected chi connectivity index (χ2v) is 6.09. The second-order valence-electron chi connectivity index (χ2n) is 6.09. The van der Waals surface area contributed by atoms with E-state index in [1.54, 1.807) is 6.20 Å². The quantitative estimate of drug-likeness (QED) is 0.669. The number of carbonyl (C=O) groups is 2. The number of aromatic nitrogens is 2. The molecule has 25 heavy (non-hydrogen) atoms. The summed E-state index contributed by atoms with van der Waals surface area (Å²) in [6.07, 6.45) is 1.88. The summed E-state index contributed by atoms with van der Waals surface area (Å²) in [7, 11) is 0. The normalized spacial score (nSPS) is 11.9. The zero-order chi connectivity index (χ0) is 17.8. The molecule has 3 aromatic rings. The van der Waals surface area contributed by atoms with Crippen LogP contribution >= 0.6 is 0 Å². The average Bonchev–Trinajstić information content (AvgIpc) is 3.02. The number of aryl methyl sites for hydroxylation is 1. The molecule has 0 saturated carbocycles. The molecule has 3 rings (SSSR count). The van der Waals surface area contributed by atoms with Gasteiger partial charge in [-0.15, -0.1) is 0 Å². The number of hydrogen-bond donors (Lipinski definition) is 3. The van der Waals surface area contributed by atoms with Crippen LogP contribution < -0.4 is 10.6 Å². The van der Waals surface area contributed by atoms with Gasteiger partial charge in [0.2, 0.25) is 11.8 Å². The molecule has 128 valence electrons. The summed E-state index contributed by atoms with van der Waals surface area (Å²) < 4.78 is 0. The van der Waals surface area contributed by atoms with Crippen LogP contribution in [0, 0.1) is 6.92 Å². The molecule has 0 bridgehead atoms. The fourth-order valence-electron chi connectivity index (χ4n) is 2.71. The minimum absolute atomic E-state index is 0.156. The maximum atomic E-state index is 12.4. The van der Waals surface area contributed by atoms with Gasteiger partial charge in [0.25, 0.3) is 0 Å². The van der Waals surface area contributed by atoms with Crippen molar-refractivity contribution in [3.05, 3.63) is 59.8 Å². The van der Waals surface area contributed by atoms with E-state index in [2.05, 4.69) is 20.8 Å². The van der Waals surface area contributed by atoms with Crippen LogP contribution in [-0.2, 0) is 9.59 Å². The van der Waals surface area contributed by atoms with Crippen LogP contribution in [0.3, 0.4) is 0 Å². The van der Waals surface area contributed by atoms with E-state index in [9.17, 15) is 9.59 Å². The molecular weight excluding hydrogens is 316 g/mol. The molecule has 0 saturated heterocycles. The molecule has 2 amide bonds. The molecule has 0 unspecified atom stereocenters. The van der Waals surface area contributed by atoms with E-state index in [0.29, 0.717) is 5.69 Å². The van der Waals surface area contributed by atoms with Crippen molar-refractivity contribution in [2.24, 2.45) is 0 Å². The van der Waals surface area contributed by atoms with E-state index < -0.39 is 0 Å². The number of nitrogens with zero attached hydrogens (tertiary/aromatic N) is 1. The lowest BCUT2D eigenvalue weighted by atomic mass is 10.0. The summed E-state index contributed by atoms with van der Waals surface area (Å²) in [5.74, 6) is -0.338. The predicted molar refractivity (Wildman–Crippen MR) is 97.1 cm³/mol. The predicted octanol–water partition coefficient (Wildman–Crippen LogP) is 3.08. The molecule has 0 fully saturated rings. The Bertz CT molecular complexity index is 899. The first-order valence-electron chi connectivity index (χ1n) is 8.08.